The van der Waals surface area contributed by atoms with Crippen LogP contribution in [0.15, 0.2) is 34.0 Å². The van der Waals surface area contributed by atoms with Crippen LogP contribution in [-0.2, 0) is 22.7 Å². The topological polar surface area (TPSA) is 115 Å². The number of nitriles is 1. The van der Waals surface area contributed by atoms with Gasteiger partial charge in [0.15, 0.2) is 0 Å². The van der Waals surface area contributed by atoms with Crippen LogP contribution in [0.2, 0.25) is 0 Å². The average molecular weight is 529 g/mol. The molecule has 1 aromatic carbocycles. The number of carbonyl (C=O) groups is 2. The highest BCUT2D eigenvalue weighted by molar-refractivity contribution is 8.26. The highest BCUT2D eigenvalue weighted by atomic mass is 32.2. The van der Waals surface area contributed by atoms with E-state index in [0.717, 1.165) is 23.7 Å². The van der Waals surface area contributed by atoms with Gasteiger partial charge in [-0.05, 0) is 42.7 Å². The molecule has 0 bridgehead atoms. The molecule has 1 aromatic heterocycles. The molecule has 0 radical (unpaired) electrons. The summed E-state index contributed by atoms with van der Waals surface area (Å²) in [5, 5.41) is 22.0. The Morgan fingerprint density at radius 2 is 1.97 bits per heavy atom. The fourth-order valence-corrected chi connectivity index (χ4v) is 4.99. The number of amides is 1. The molecule has 11 heteroatoms. The molecular formula is C25H25FN4O4S2. The average Bonchev–Trinajstić information content (AvgIpc) is 3.11. The maximum atomic E-state index is 13.3. The van der Waals surface area contributed by atoms with Crippen molar-refractivity contribution in [3.63, 3.8) is 0 Å². The van der Waals surface area contributed by atoms with Crippen LogP contribution in [0.5, 0.6) is 0 Å². The zero-order valence-electron chi connectivity index (χ0n) is 19.8. The number of nitrogens with one attached hydrogen (secondary N) is 1. The van der Waals surface area contributed by atoms with Crippen LogP contribution in [0.3, 0.4) is 0 Å². The van der Waals surface area contributed by atoms with E-state index in [2.05, 4.69) is 5.32 Å². The summed E-state index contributed by atoms with van der Waals surface area (Å²) in [6.45, 7) is 4.21. The number of unbranched alkanes of at least 4 members (excludes halogenated alkanes) is 1. The van der Waals surface area contributed by atoms with Gasteiger partial charge in [-0.15, -0.1) is 0 Å². The van der Waals surface area contributed by atoms with Crippen molar-refractivity contribution in [2.75, 3.05) is 11.9 Å². The normalized spacial score (nSPS) is 14.4. The molecule has 0 aliphatic carbocycles. The van der Waals surface area contributed by atoms with Crippen LogP contribution in [0.4, 0.5) is 10.2 Å². The first-order chi connectivity index (χ1) is 17.2. The Morgan fingerprint density at radius 1 is 1.28 bits per heavy atom. The predicted octanol–water partition coefficient (Wildman–Crippen LogP) is 4.26. The van der Waals surface area contributed by atoms with E-state index in [1.54, 1.807) is 25.1 Å². The molecule has 1 amide bonds. The van der Waals surface area contributed by atoms with E-state index < -0.39 is 17.4 Å². The second-order valence-corrected chi connectivity index (χ2v) is 9.82. The summed E-state index contributed by atoms with van der Waals surface area (Å²) in [5.74, 6) is -1.40. The first kappa shape index (κ1) is 27.1. The van der Waals surface area contributed by atoms with Crippen molar-refractivity contribution in [3.8, 4) is 6.07 Å². The lowest BCUT2D eigenvalue weighted by Crippen LogP contribution is -2.30. The van der Waals surface area contributed by atoms with E-state index in [1.165, 1.54) is 21.6 Å². The van der Waals surface area contributed by atoms with E-state index >= 15 is 0 Å². The van der Waals surface area contributed by atoms with Crippen molar-refractivity contribution in [3.05, 3.63) is 67.6 Å². The molecule has 3 rings (SSSR count). The number of rotatable bonds is 10. The molecule has 0 saturated carbocycles. The lowest BCUT2D eigenvalue weighted by atomic mass is 10.0. The third-order valence-electron chi connectivity index (χ3n) is 5.68. The van der Waals surface area contributed by atoms with Crippen molar-refractivity contribution in [2.24, 2.45) is 0 Å². The summed E-state index contributed by atoms with van der Waals surface area (Å²) in [7, 11) is 0. The molecule has 0 atom stereocenters. The van der Waals surface area contributed by atoms with Gasteiger partial charge >= 0.3 is 5.97 Å². The van der Waals surface area contributed by atoms with Gasteiger partial charge in [0.25, 0.3) is 11.5 Å². The molecule has 1 fully saturated rings. The van der Waals surface area contributed by atoms with Crippen molar-refractivity contribution in [2.45, 2.75) is 46.2 Å². The van der Waals surface area contributed by atoms with E-state index in [0.29, 0.717) is 29.9 Å². The number of halogens is 1. The Labute approximate surface area is 217 Å². The summed E-state index contributed by atoms with van der Waals surface area (Å²) < 4.78 is 15.1. The summed E-state index contributed by atoms with van der Waals surface area (Å²) in [6.07, 6.45) is 2.85. The van der Waals surface area contributed by atoms with E-state index in [4.69, 9.17) is 17.3 Å². The van der Waals surface area contributed by atoms with Gasteiger partial charge in [0.05, 0.1) is 11.3 Å². The Hall–Kier alpha value is -3.49. The number of aromatic nitrogens is 1. The number of thioether (sulfide) groups is 1. The number of carboxylic acids is 1. The van der Waals surface area contributed by atoms with Gasteiger partial charge in [-0.25, -0.2) is 4.39 Å². The molecule has 1 aliphatic rings. The Bertz CT molecular complexity index is 1330. The third-order valence-corrected chi connectivity index (χ3v) is 7.06. The van der Waals surface area contributed by atoms with Crippen molar-refractivity contribution < 1.29 is 19.1 Å². The summed E-state index contributed by atoms with van der Waals surface area (Å²) >= 11 is 6.33. The molecule has 2 heterocycles. The lowest BCUT2D eigenvalue weighted by Gasteiger charge is -2.20. The molecule has 8 nitrogen and oxygen atoms in total. The monoisotopic (exact) mass is 528 g/mol. The number of pyridine rings is 1. The second-order valence-electron chi connectivity index (χ2n) is 8.14. The van der Waals surface area contributed by atoms with Crippen LogP contribution in [-0.4, -0.2) is 37.3 Å². The van der Waals surface area contributed by atoms with Gasteiger partial charge in [-0.1, -0.05) is 49.5 Å². The number of aliphatic carboxylic acids is 1. The molecule has 1 aliphatic heterocycles. The first-order valence-electron chi connectivity index (χ1n) is 11.3. The minimum atomic E-state index is -1.04. The van der Waals surface area contributed by atoms with Crippen LogP contribution in [0.1, 0.15) is 48.4 Å². The van der Waals surface area contributed by atoms with Gasteiger partial charge in [-0.2, -0.15) is 5.26 Å². The maximum Gasteiger partial charge on any atom is 0.305 e. The molecule has 2 aromatic rings. The van der Waals surface area contributed by atoms with Crippen LogP contribution in [0.25, 0.3) is 6.08 Å². The third kappa shape index (κ3) is 6.01. The highest BCUT2D eigenvalue weighted by Crippen LogP contribution is 2.35. The Kier molecular flexibility index (Phi) is 9.01. The zero-order chi connectivity index (χ0) is 26.4. The van der Waals surface area contributed by atoms with Gasteiger partial charge in [0.2, 0.25) is 0 Å². The van der Waals surface area contributed by atoms with E-state index in [1.807, 2.05) is 13.0 Å². The maximum absolute atomic E-state index is 13.3. The van der Waals surface area contributed by atoms with E-state index in [-0.39, 0.29) is 40.1 Å². The number of nitrogens with zero attached hydrogens (tertiary/aromatic N) is 3. The van der Waals surface area contributed by atoms with Crippen LogP contribution in [0, 0.1) is 24.1 Å². The van der Waals surface area contributed by atoms with Crippen molar-refractivity contribution in [1.82, 2.24) is 9.47 Å². The van der Waals surface area contributed by atoms with Crippen molar-refractivity contribution in [1.29, 1.82) is 5.26 Å². The van der Waals surface area contributed by atoms with Gasteiger partial charge in [0, 0.05) is 25.2 Å². The van der Waals surface area contributed by atoms with Crippen LogP contribution >= 0.6 is 24.0 Å². The number of hydrogen-bond donors (Lipinski definition) is 2. The smallest absolute Gasteiger partial charge is 0.305 e. The molecule has 1 saturated heterocycles. The van der Waals surface area contributed by atoms with Gasteiger partial charge < -0.3 is 10.4 Å². The number of carbonyl (C=O) groups excluding carboxylic acids is 1. The Balaban J connectivity index is 2.11. The van der Waals surface area contributed by atoms with Crippen molar-refractivity contribution >= 4 is 52.1 Å². The predicted molar refractivity (Wildman–Crippen MR) is 141 cm³/mol. The second kappa shape index (κ2) is 12.0. The number of anilines is 1. The fourth-order valence-electron chi connectivity index (χ4n) is 3.70. The quantitative estimate of drug-likeness (QED) is 0.347. The van der Waals surface area contributed by atoms with Gasteiger partial charge in [-0.3, -0.25) is 23.9 Å². The summed E-state index contributed by atoms with van der Waals surface area (Å²) in [5.41, 5.74) is 1.22. The van der Waals surface area contributed by atoms with Crippen LogP contribution < -0.4 is 10.9 Å². The van der Waals surface area contributed by atoms with Gasteiger partial charge in [0.1, 0.15) is 27.6 Å². The zero-order valence-corrected chi connectivity index (χ0v) is 21.5. The highest BCUT2D eigenvalue weighted by Gasteiger charge is 2.33. The molecular weight excluding hydrogens is 503 g/mol. The van der Waals surface area contributed by atoms with E-state index in [9.17, 15) is 24.0 Å². The molecule has 0 spiro atoms. The molecule has 188 valence electrons. The molecule has 0 unspecified atom stereocenters. The number of carboxylic acid groups (broad SMARTS) is 1. The molecule has 36 heavy (non-hydrogen) atoms. The molecule has 2 N–H and O–H groups in total. The number of hydrogen-bond acceptors (Lipinski definition) is 7. The SMILES string of the molecule is CCCCn1c(NCc2ccc(F)cc2)c(/C=C2/SC(=S)N(CCC(=O)O)C2=O)c(C)c(C#N)c1=O. The fraction of sp³-hybridized carbons (Fsp3) is 0.320. The number of benzene rings is 1. The first-order valence-corrected chi connectivity index (χ1v) is 12.5. The summed E-state index contributed by atoms with van der Waals surface area (Å²) in [6, 6.07) is 7.92. The number of thiocarbonyl (C=S) groups is 1. The standard InChI is InChI=1S/C25H25FN4O4S2/c1-3-4-10-29-22(28-14-16-5-7-17(26)8-6-16)18(15(2)19(13-27)23(29)33)12-20-24(34)30(25(35)36-20)11-9-21(31)32/h5-8,12,28H,3-4,9-11,14H2,1-2H3,(H,31,32)/b20-12+. The minimum Gasteiger partial charge on any atom is -0.481 e. The summed E-state index contributed by atoms with van der Waals surface area (Å²) in [4.78, 5) is 38.7. The Morgan fingerprint density at radius 3 is 2.58 bits per heavy atom. The lowest BCUT2D eigenvalue weighted by molar-refractivity contribution is -0.137. The minimum absolute atomic E-state index is 0.0222. The largest absolute Gasteiger partial charge is 0.481 e.